The third-order valence-corrected chi connectivity index (χ3v) is 2.87. The Morgan fingerprint density at radius 2 is 2.16 bits per heavy atom. The topological polar surface area (TPSA) is 59.8 Å². The minimum atomic E-state index is -0.331. The van der Waals surface area contributed by atoms with Crippen molar-refractivity contribution >= 4 is 35.1 Å². The van der Waals surface area contributed by atoms with Gasteiger partial charge in [0.05, 0.1) is 5.02 Å². The third kappa shape index (κ3) is 3.24. The zero-order valence-corrected chi connectivity index (χ0v) is 11.9. The Kier molecular flexibility index (Phi) is 4.07. The van der Waals surface area contributed by atoms with E-state index >= 15 is 0 Å². The molecule has 2 aromatic heterocycles. The summed E-state index contributed by atoms with van der Waals surface area (Å²) in [6.45, 7) is 3.92. The average Bonchev–Trinajstić information content (AvgIpc) is 2.71. The van der Waals surface area contributed by atoms with Crippen LogP contribution in [0.15, 0.2) is 24.5 Å². The monoisotopic (exact) mass is 298 g/mol. The highest BCUT2D eigenvalue weighted by molar-refractivity contribution is 6.31. The van der Waals surface area contributed by atoms with Crippen LogP contribution in [0.25, 0.3) is 0 Å². The van der Waals surface area contributed by atoms with Crippen molar-refractivity contribution in [1.82, 2.24) is 14.5 Å². The maximum absolute atomic E-state index is 12.2. The molecule has 0 saturated heterocycles. The van der Waals surface area contributed by atoms with Crippen molar-refractivity contribution in [2.45, 2.75) is 19.9 Å². The molecule has 0 saturated carbocycles. The third-order valence-electron chi connectivity index (χ3n) is 2.45. The molecule has 0 fully saturated rings. The lowest BCUT2D eigenvalue weighted by Crippen LogP contribution is -2.19. The fourth-order valence-corrected chi connectivity index (χ4v) is 1.96. The highest BCUT2D eigenvalue weighted by Crippen LogP contribution is 2.19. The van der Waals surface area contributed by atoms with Crippen molar-refractivity contribution in [2.24, 2.45) is 0 Å². The number of carbonyl (C=O) groups is 1. The van der Waals surface area contributed by atoms with Crippen molar-refractivity contribution in [2.75, 3.05) is 5.32 Å². The lowest BCUT2D eigenvalue weighted by atomic mass is 10.3. The van der Waals surface area contributed by atoms with E-state index in [1.165, 1.54) is 12.3 Å². The fourth-order valence-electron chi connectivity index (χ4n) is 1.62. The van der Waals surface area contributed by atoms with E-state index < -0.39 is 0 Å². The number of aromatic nitrogens is 3. The Morgan fingerprint density at radius 1 is 1.42 bits per heavy atom. The van der Waals surface area contributed by atoms with Gasteiger partial charge in [0.25, 0.3) is 5.91 Å². The normalized spacial score (nSPS) is 10.8. The van der Waals surface area contributed by atoms with Gasteiger partial charge in [-0.3, -0.25) is 10.1 Å². The molecule has 2 heterocycles. The van der Waals surface area contributed by atoms with Gasteiger partial charge in [-0.25, -0.2) is 9.97 Å². The minimum Gasteiger partial charge on any atom is -0.339 e. The second-order valence-corrected chi connectivity index (χ2v) is 5.03. The SMILES string of the molecule is CC(C)n1cc(Cl)cc1C(=O)Nc1nccc(Cl)n1. The summed E-state index contributed by atoms with van der Waals surface area (Å²) in [5.74, 6) is -0.173. The fraction of sp³-hybridized carbons (Fsp3) is 0.250. The Morgan fingerprint density at radius 3 is 2.79 bits per heavy atom. The predicted molar refractivity (Wildman–Crippen MR) is 74.8 cm³/mol. The number of nitrogens with zero attached hydrogens (tertiary/aromatic N) is 3. The van der Waals surface area contributed by atoms with Crippen molar-refractivity contribution in [3.63, 3.8) is 0 Å². The standard InChI is InChI=1S/C12H12Cl2N4O/c1-7(2)18-6-8(13)5-9(18)11(19)17-12-15-4-3-10(14)16-12/h3-7H,1-2H3,(H,15,16,17,19). The first kappa shape index (κ1) is 13.8. The summed E-state index contributed by atoms with van der Waals surface area (Å²) in [5, 5.41) is 3.35. The number of halogens is 2. The van der Waals surface area contributed by atoms with Crippen molar-refractivity contribution in [3.05, 3.63) is 40.4 Å². The minimum absolute atomic E-state index is 0.119. The second-order valence-electron chi connectivity index (χ2n) is 4.20. The van der Waals surface area contributed by atoms with Gasteiger partial charge in [-0.15, -0.1) is 0 Å². The molecule has 0 radical (unpaired) electrons. The molecule has 1 amide bonds. The first-order valence-electron chi connectivity index (χ1n) is 5.64. The van der Waals surface area contributed by atoms with Gasteiger partial charge in [-0.05, 0) is 26.0 Å². The second kappa shape index (κ2) is 5.59. The van der Waals surface area contributed by atoms with Crippen LogP contribution in [0.3, 0.4) is 0 Å². The smallest absolute Gasteiger partial charge is 0.274 e. The van der Waals surface area contributed by atoms with Crippen molar-refractivity contribution < 1.29 is 4.79 Å². The molecule has 2 aromatic rings. The van der Waals surface area contributed by atoms with Gasteiger partial charge < -0.3 is 4.57 Å². The molecular weight excluding hydrogens is 287 g/mol. The van der Waals surface area contributed by atoms with Crippen LogP contribution < -0.4 is 5.32 Å². The van der Waals surface area contributed by atoms with E-state index in [9.17, 15) is 4.79 Å². The highest BCUT2D eigenvalue weighted by atomic mass is 35.5. The van der Waals surface area contributed by atoms with Crippen LogP contribution in [-0.4, -0.2) is 20.4 Å². The van der Waals surface area contributed by atoms with E-state index in [2.05, 4.69) is 15.3 Å². The van der Waals surface area contributed by atoms with E-state index in [4.69, 9.17) is 23.2 Å². The van der Waals surface area contributed by atoms with E-state index in [0.29, 0.717) is 10.7 Å². The molecule has 1 N–H and O–H groups in total. The number of hydrogen-bond acceptors (Lipinski definition) is 3. The summed E-state index contributed by atoms with van der Waals surface area (Å²) in [6, 6.07) is 3.25. The molecule has 100 valence electrons. The van der Waals surface area contributed by atoms with Crippen LogP contribution in [0, 0.1) is 0 Å². The van der Waals surface area contributed by atoms with E-state index in [1.807, 2.05) is 13.8 Å². The Bertz CT molecular complexity index is 610. The van der Waals surface area contributed by atoms with Crippen molar-refractivity contribution in [1.29, 1.82) is 0 Å². The number of rotatable bonds is 3. The first-order chi connectivity index (χ1) is 8.97. The Balaban J connectivity index is 2.25. The Hall–Kier alpha value is -1.59. The molecule has 0 aliphatic carbocycles. The summed E-state index contributed by atoms with van der Waals surface area (Å²) in [7, 11) is 0. The average molecular weight is 299 g/mol. The molecule has 0 spiro atoms. The number of amides is 1. The number of hydrogen-bond donors (Lipinski definition) is 1. The molecule has 19 heavy (non-hydrogen) atoms. The summed E-state index contributed by atoms with van der Waals surface area (Å²) < 4.78 is 1.78. The van der Waals surface area contributed by atoms with Crippen LogP contribution in [0.4, 0.5) is 5.95 Å². The molecule has 0 aliphatic heterocycles. The quantitative estimate of drug-likeness (QED) is 0.883. The zero-order chi connectivity index (χ0) is 14.0. The summed E-state index contributed by atoms with van der Waals surface area (Å²) in [5.41, 5.74) is 0.448. The molecule has 7 heteroatoms. The van der Waals surface area contributed by atoms with Crippen LogP contribution in [0.5, 0.6) is 0 Å². The predicted octanol–water partition coefficient (Wildman–Crippen LogP) is 3.42. The van der Waals surface area contributed by atoms with Crippen LogP contribution in [-0.2, 0) is 0 Å². The van der Waals surface area contributed by atoms with Crippen LogP contribution in [0.1, 0.15) is 30.4 Å². The van der Waals surface area contributed by atoms with Crippen LogP contribution >= 0.6 is 23.2 Å². The number of carbonyl (C=O) groups excluding carboxylic acids is 1. The molecule has 0 unspecified atom stereocenters. The number of anilines is 1. The maximum atomic E-state index is 12.2. The van der Waals surface area contributed by atoms with Gasteiger partial charge in [0, 0.05) is 18.4 Å². The molecule has 0 aliphatic rings. The highest BCUT2D eigenvalue weighted by Gasteiger charge is 2.16. The molecular formula is C12H12Cl2N4O. The van der Waals surface area contributed by atoms with E-state index in [1.54, 1.807) is 16.8 Å². The summed E-state index contributed by atoms with van der Waals surface area (Å²) >= 11 is 11.7. The van der Waals surface area contributed by atoms with Gasteiger partial charge in [0.15, 0.2) is 0 Å². The summed E-state index contributed by atoms with van der Waals surface area (Å²) in [4.78, 5) is 20.0. The zero-order valence-electron chi connectivity index (χ0n) is 10.4. The molecule has 0 atom stereocenters. The Labute approximate surface area is 120 Å². The number of nitrogens with one attached hydrogen (secondary N) is 1. The van der Waals surface area contributed by atoms with Gasteiger partial charge in [0.2, 0.25) is 5.95 Å². The van der Waals surface area contributed by atoms with Gasteiger partial charge >= 0.3 is 0 Å². The molecule has 0 bridgehead atoms. The summed E-state index contributed by atoms with van der Waals surface area (Å²) in [6.07, 6.45) is 3.18. The van der Waals surface area contributed by atoms with E-state index in [0.717, 1.165) is 0 Å². The molecule has 0 aromatic carbocycles. The lowest BCUT2D eigenvalue weighted by molar-refractivity contribution is 0.101. The lowest BCUT2D eigenvalue weighted by Gasteiger charge is -2.12. The van der Waals surface area contributed by atoms with Gasteiger partial charge in [-0.2, -0.15) is 0 Å². The van der Waals surface area contributed by atoms with Crippen molar-refractivity contribution in [3.8, 4) is 0 Å². The van der Waals surface area contributed by atoms with Gasteiger partial charge in [0.1, 0.15) is 10.8 Å². The first-order valence-corrected chi connectivity index (χ1v) is 6.40. The van der Waals surface area contributed by atoms with E-state index in [-0.39, 0.29) is 23.1 Å². The van der Waals surface area contributed by atoms with Gasteiger partial charge in [-0.1, -0.05) is 23.2 Å². The largest absolute Gasteiger partial charge is 0.339 e. The maximum Gasteiger partial charge on any atom is 0.274 e. The van der Waals surface area contributed by atoms with Crippen LogP contribution in [0.2, 0.25) is 10.2 Å². The molecule has 5 nitrogen and oxygen atoms in total. The molecule has 2 rings (SSSR count).